The highest BCUT2D eigenvalue weighted by molar-refractivity contribution is 5.60. The molecular formula is C18H20N4O. The van der Waals surface area contributed by atoms with Crippen LogP contribution in [0.1, 0.15) is 11.3 Å². The van der Waals surface area contributed by atoms with Crippen LogP contribution in [0.3, 0.4) is 0 Å². The molecule has 5 heteroatoms. The minimum absolute atomic E-state index is 0.110. The maximum absolute atomic E-state index is 8.93. The molecule has 2 N–H and O–H groups in total. The van der Waals surface area contributed by atoms with E-state index in [9.17, 15) is 0 Å². The van der Waals surface area contributed by atoms with E-state index in [-0.39, 0.29) is 6.61 Å². The maximum atomic E-state index is 8.93. The molecule has 0 aliphatic heterocycles. The predicted octanol–water partition coefficient (Wildman–Crippen LogP) is 2.08. The number of benzene rings is 2. The molecule has 0 amide bonds. The van der Waals surface area contributed by atoms with Gasteiger partial charge < -0.3 is 10.4 Å². The Kier molecular flexibility index (Phi) is 5.13. The van der Waals surface area contributed by atoms with Crippen molar-refractivity contribution in [3.05, 3.63) is 71.9 Å². The Bertz CT molecular complexity index is 725. The van der Waals surface area contributed by atoms with Gasteiger partial charge in [0.15, 0.2) is 0 Å². The lowest BCUT2D eigenvalue weighted by Gasteiger charge is -2.01. The van der Waals surface area contributed by atoms with Crippen molar-refractivity contribution in [2.45, 2.75) is 13.1 Å². The van der Waals surface area contributed by atoms with Gasteiger partial charge in [-0.3, -0.25) is 0 Å². The number of aliphatic hydroxyl groups is 1. The Morgan fingerprint density at radius 2 is 1.61 bits per heavy atom. The third-order valence-corrected chi connectivity index (χ3v) is 3.52. The fourth-order valence-electron chi connectivity index (χ4n) is 2.42. The Balaban J connectivity index is 1.86. The second kappa shape index (κ2) is 7.67. The largest absolute Gasteiger partial charge is 0.395 e. The summed E-state index contributed by atoms with van der Waals surface area (Å²) in [6, 6.07) is 20.2. The number of rotatable bonds is 7. The molecule has 0 unspecified atom stereocenters. The highest BCUT2D eigenvalue weighted by Crippen LogP contribution is 2.20. The number of hydrogen-bond donors (Lipinski definition) is 2. The van der Waals surface area contributed by atoms with Crippen LogP contribution in [-0.4, -0.2) is 33.3 Å². The second-order valence-corrected chi connectivity index (χ2v) is 5.28. The van der Waals surface area contributed by atoms with Crippen molar-refractivity contribution in [3.8, 4) is 11.3 Å². The van der Waals surface area contributed by atoms with Gasteiger partial charge in [-0.05, 0) is 5.56 Å². The molecule has 0 radical (unpaired) electrons. The van der Waals surface area contributed by atoms with E-state index in [0.717, 1.165) is 22.5 Å². The standard InChI is InChI=1S/C18H20N4O/c23-12-11-19-13-17-18(16-9-5-2-6-10-16)21-22(20-17)14-15-7-3-1-4-8-15/h1-10,19,23H,11-14H2. The normalized spacial score (nSPS) is 10.8. The smallest absolute Gasteiger partial charge is 0.117 e. The van der Waals surface area contributed by atoms with E-state index >= 15 is 0 Å². The van der Waals surface area contributed by atoms with Gasteiger partial charge in [0.2, 0.25) is 0 Å². The van der Waals surface area contributed by atoms with Crippen molar-refractivity contribution in [2.75, 3.05) is 13.2 Å². The number of nitrogens with zero attached hydrogens (tertiary/aromatic N) is 3. The monoisotopic (exact) mass is 308 g/mol. The van der Waals surface area contributed by atoms with Crippen LogP contribution in [0.5, 0.6) is 0 Å². The summed E-state index contributed by atoms with van der Waals surface area (Å²) in [5, 5.41) is 21.4. The van der Waals surface area contributed by atoms with Crippen molar-refractivity contribution in [2.24, 2.45) is 0 Å². The van der Waals surface area contributed by atoms with Crippen molar-refractivity contribution in [1.82, 2.24) is 20.3 Å². The zero-order chi connectivity index (χ0) is 15.9. The first-order valence-corrected chi connectivity index (χ1v) is 7.72. The van der Waals surface area contributed by atoms with E-state index in [0.29, 0.717) is 19.6 Å². The zero-order valence-electron chi connectivity index (χ0n) is 12.9. The summed E-state index contributed by atoms with van der Waals surface area (Å²) in [4.78, 5) is 1.73. The van der Waals surface area contributed by atoms with Crippen LogP contribution >= 0.6 is 0 Å². The van der Waals surface area contributed by atoms with Crippen LogP contribution in [-0.2, 0) is 13.1 Å². The van der Waals surface area contributed by atoms with Crippen LogP contribution < -0.4 is 5.32 Å². The molecule has 23 heavy (non-hydrogen) atoms. The lowest BCUT2D eigenvalue weighted by atomic mass is 10.1. The second-order valence-electron chi connectivity index (χ2n) is 5.28. The van der Waals surface area contributed by atoms with Gasteiger partial charge in [-0.1, -0.05) is 60.7 Å². The topological polar surface area (TPSA) is 63.0 Å². The summed E-state index contributed by atoms with van der Waals surface area (Å²) < 4.78 is 0. The molecule has 118 valence electrons. The van der Waals surface area contributed by atoms with Crippen LogP contribution in [0.15, 0.2) is 60.7 Å². The predicted molar refractivity (Wildman–Crippen MR) is 89.8 cm³/mol. The maximum Gasteiger partial charge on any atom is 0.117 e. The average molecular weight is 308 g/mol. The average Bonchev–Trinajstić information content (AvgIpc) is 2.99. The number of aromatic nitrogens is 3. The highest BCUT2D eigenvalue weighted by atomic mass is 16.3. The minimum atomic E-state index is 0.110. The summed E-state index contributed by atoms with van der Waals surface area (Å²) in [7, 11) is 0. The molecule has 0 aliphatic carbocycles. The SMILES string of the molecule is OCCNCc1nn(Cc2ccccc2)nc1-c1ccccc1. The summed E-state index contributed by atoms with van der Waals surface area (Å²) in [6.07, 6.45) is 0. The van der Waals surface area contributed by atoms with Crippen molar-refractivity contribution < 1.29 is 5.11 Å². The molecule has 0 fully saturated rings. The Hall–Kier alpha value is -2.50. The van der Waals surface area contributed by atoms with Gasteiger partial charge in [-0.2, -0.15) is 15.0 Å². The third-order valence-electron chi connectivity index (χ3n) is 3.52. The molecule has 0 saturated carbocycles. The molecule has 0 aliphatic rings. The molecule has 0 spiro atoms. The first-order valence-electron chi connectivity index (χ1n) is 7.72. The summed E-state index contributed by atoms with van der Waals surface area (Å²) in [5.41, 5.74) is 3.98. The molecule has 0 atom stereocenters. The van der Waals surface area contributed by atoms with Crippen molar-refractivity contribution in [1.29, 1.82) is 0 Å². The summed E-state index contributed by atoms with van der Waals surface area (Å²) >= 11 is 0. The number of hydrogen-bond acceptors (Lipinski definition) is 4. The quantitative estimate of drug-likeness (QED) is 0.656. The third kappa shape index (κ3) is 4.03. The number of aliphatic hydroxyl groups excluding tert-OH is 1. The fraction of sp³-hybridized carbons (Fsp3) is 0.222. The van der Waals surface area contributed by atoms with Crippen LogP contribution in [0.4, 0.5) is 0 Å². The minimum Gasteiger partial charge on any atom is -0.395 e. The first-order chi connectivity index (χ1) is 11.4. The molecular weight excluding hydrogens is 288 g/mol. The zero-order valence-corrected chi connectivity index (χ0v) is 12.9. The molecule has 0 saturated heterocycles. The van der Waals surface area contributed by atoms with E-state index in [1.165, 1.54) is 0 Å². The molecule has 1 aromatic heterocycles. The van der Waals surface area contributed by atoms with Gasteiger partial charge in [-0.15, -0.1) is 0 Å². The fourth-order valence-corrected chi connectivity index (χ4v) is 2.42. The molecule has 0 bridgehead atoms. The van der Waals surface area contributed by atoms with Crippen LogP contribution in [0.2, 0.25) is 0 Å². The van der Waals surface area contributed by atoms with Crippen LogP contribution in [0.25, 0.3) is 11.3 Å². The molecule has 3 rings (SSSR count). The molecule has 3 aromatic rings. The van der Waals surface area contributed by atoms with E-state index in [1.807, 2.05) is 48.5 Å². The van der Waals surface area contributed by atoms with Crippen molar-refractivity contribution >= 4 is 0 Å². The first kappa shape index (κ1) is 15.4. The van der Waals surface area contributed by atoms with Gasteiger partial charge in [0.25, 0.3) is 0 Å². The van der Waals surface area contributed by atoms with Crippen LogP contribution in [0, 0.1) is 0 Å². The molecule has 5 nitrogen and oxygen atoms in total. The van der Waals surface area contributed by atoms with E-state index in [1.54, 1.807) is 4.80 Å². The Morgan fingerprint density at radius 3 is 2.30 bits per heavy atom. The Morgan fingerprint density at radius 1 is 0.913 bits per heavy atom. The highest BCUT2D eigenvalue weighted by Gasteiger charge is 2.12. The van der Waals surface area contributed by atoms with Gasteiger partial charge in [0.05, 0.1) is 13.2 Å². The number of nitrogens with one attached hydrogen (secondary N) is 1. The van der Waals surface area contributed by atoms with Crippen molar-refractivity contribution in [3.63, 3.8) is 0 Å². The van der Waals surface area contributed by atoms with Gasteiger partial charge in [-0.25, -0.2) is 0 Å². The van der Waals surface area contributed by atoms with E-state index < -0.39 is 0 Å². The Labute approximate surface area is 135 Å². The van der Waals surface area contributed by atoms with E-state index in [4.69, 9.17) is 5.11 Å². The van der Waals surface area contributed by atoms with E-state index in [2.05, 4.69) is 27.6 Å². The van der Waals surface area contributed by atoms with Gasteiger partial charge >= 0.3 is 0 Å². The lowest BCUT2D eigenvalue weighted by Crippen LogP contribution is -2.18. The molecule has 1 heterocycles. The van der Waals surface area contributed by atoms with Gasteiger partial charge in [0, 0.05) is 18.7 Å². The van der Waals surface area contributed by atoms with Gasteiger partial charge in [0.1, 0.15) is 11.4 Å². The molecule has 2 aromatic carbocycles. The lowest BCUT2D eigenvalue weighted by molar-refractivity contribution is 0.291. The summed E-state index contributed by atoms with van der Waals surface area (Å²) in [6.45, 7) is 1.87. The summed E-state index contributed by atoms with van der Waals surface area (Å²) in [5.74, 6) is 0.